The summed E-state index contributed by atoms with van der Waals surface area (Å²) in [6.07, 6.45) is 4.54. The van der Waals surface area contributed by atoms with E-state index in [-0.39, 0.29) is 29.5 Å². The molecule has 0 amide bonds. The lowest BCUT2D eigenvalue weighted by molar-refractivity contribution is 0.0352. The van der Waals surface area contributed by atoms with Crippen LogP contribution in [0.2, 0.25) is 0 Å². The van der Waals surface area contributed by atoms with Crippen molar-refractivity contribution >= 4 is 29.9 Å². The minimum absolute atomic E-state index is 0. The molecule has 2 heterocycles. The number of rotatable bonds is 5. The molecule has 0 spiro atoms. The van der Waals surface area contributed by atoms with Gasteiger partial charge in [0.05, 0.1) is 0 Å². The molecular weight excluding hydrogens is 463 g/mol. The van der Waals surface area contributed by atoms with Crippen LogP contribution in [0.5, 0.6) is 0 Å². The van der Waals surface area contributed by atoms with Gasteiger partial charge in [-0.2, -0.15) is 0 Å². The number of halogens is 1. The molecule has 2 fully saturated rings. The second-order valence-electron chi connectivity index (χ2n) is 8.24. The summed E-state index contributed by atoms with van der Waals surface area (Å²) < 4.78 is 5.66. The van der Waals surface area contributed by atoms with Gasteiger partial charge in [-0.15, -0.1) is 24.0 Å². The molecule has 0 saturated carbocycles. The molecule has 0 aromatic heterocycles. The summed E-state index contributed by atoms with van der Waals surface area (Å²) in [5, 5.41) is 7.60. The lowest BCUT2D eigenvalue weighted by Gasteiger charge is -2.42. The summed E-state index contributed by atoms with van der Waals surface area (Å²) in [6.45, 7) is 9.32. The number of ether oxygens (including phenoxy) is 1. The molecule has 1 unspecified atom stereocenters. The summed E-state index contributed by atoms with van der Waals surface area (Å²) in [5.74, 6) is 1.87. The number of likely N-dealkylation sites (tertiary alicyclic amines) is 1. The fourth-order valence-electron chi connectivity index (χ4n) is 4.22. The quantitative estimate of drug-likeness (QED) is 0.367. The van der Waals surface area contributed by atoms with E-state index in [9.17, 15) is 0 Å². The molecule has 28 heavy (non-hydrogen) atoms. The summed E-state index contributed by atoms with van der Waals surface area (Å²) in [5.41, 5.74) is 1.37. The molecule has 3 rings (SSSR count). The fraction of sp³-hybridized carbons (Fsp3) is 0.682. The van der Waals surface area contributed by atoms with Crippen LogP contribution in [-0.2, 0) is 4.74 Å². The lowest BCUT2D eigenvalue weighted by atomic mass is 9.88. The van der Waals surface area contributed by atoms with Crippen LogP contribution in [0.1, 0.15) is 51.1 Å². The highest BCUT2D eigenvalue weighted by molar-refractivity contribution is 14.0. The van der Waals surface area contributed by atoms with Gasteiger partial charge in [-0.3, -0.25) is 4.99 Å². The van der Waals surface area contributed by atoms with Gasteiger partial charge in [0, 0.05) is 51.5 Å². The first kappa shape index (κ1) is 23.4. The Morgan fingerprint density at radius 1 is 1.21 bits per heavy atom. The molecule has 1 aromatic rings. The van der Waals surface area contributed by atoms with E-state index in [1.54, 1.807) is 0 Å². The SMILES string of the molecule is CN=C(NCC1(NC(C)c2ccccc2)CCOCC1)N1CCC(C)CC1.I. The third-order valence-corrected chi connectivity index (χ3v) is 6.15. The number of guanidine groups is 1. The Balaban J connectivity index is 0.00000280. The maximum absolute atomic E-state index is 5.66. The number of benzene rings is 1. The summed E-state index contributed by atoms with van der Waals surface area (Å²) in [7, 11) is 1.90. The van der Waals surface area contributed by atoms with Crippen molar-refractivity contribution in [2.45, 2.75) is 51.1 Å². The van der Waals surface area contributed by atoms with Gasteiger partial charge in [-0.1, -0.05) is 37.3 Å². The first-order valence-electron chi connectivity index (χ1n) is 10.5. The van der Waals surface area contributed by atoms with E-state index in [0.717, 1.165) is 57.6 Å². The van der Waals surface area contributed by atoms with Gasteiger partial charge in [-0.25, -0.2) is 0 Å². The van der Waals surface area contributed by atoms with Crippen LogP contribution in [0.3, 0.4) is 0 Å². The van der Waals surface area contributed by atoms with Gasteiger partial charge in [0.2, 0.25) is 0 Å². The normalized spacial score (nSPS) is 21.7. The highest BCUT2D eigenvalue weighted by atomic mass is 127. The number of nitrogens with one attached hydrogen (secondary N) is 2. The molecule has 6 heteroatoms. The minimum atomic E-state index is 0. The second-order valence-corrected chi connectivity index (χ2v) is 8.24. The number of hydrogen-bond acceptors (Lipinski definition) is 3. The minimum Gasteiger partial charge on any atom is -0.381 e. The molecule has 0 bridgehead atoms. The van der Waals surface area contributed by atoms with Crippen molar-refractivity contribution < 1.29 is 4.74 Å². The largest absolute Gasteiger partial charge is 0.381 e. The molecule has 1 aromatic carbocycles. The maximum Gasteiger partial charge on any atom is 0.193 e. The van der Waals surface area contributed by atoms with Gasteiger partial charge >= 0.3 is 0 Å². The van der Waals surface area contributed by atoms with E-state index < -0.39 is 0 Å². The van der Waals surface area contributed by atoms with E-state index in [2.05, 4.69) is 64.7 Å². The fourth-order valence-corrected chi connectivity index (χ4v) is 4.22. The van der Waals surface area contributed by atoms with Gasteiger partial charge in [-0.05, 0) is 44.1 Å². The van der Waals surface area contributed by atoms with E-state index in [1.807, 2.05) is 7.05 Å². The average molecular weight is 500 g/mol. The van der Waals surface area contributed by atoms with Crippen molar-refractivity contribution in [1.82, 2.24) is 15.5 Å². The zero-order valence-electron chi connectivity index (χ0n) is 17.6. The van der Waals surface area contributed by atoms with E-state index in [0.29, 0.717) is 6.04 Å². The maximum atomic E-state index is 5.66. The van der Waals surface area contributed by atoms with Crippen LogP contribution in [-0.4, -0.2) is 56.3 Å². The van der Waals surface area contributed by atoms with Gasteiger partial charge in [0.25, 0.3) is 0 Å². The molecule has 158 valence electrons. The molecule has 0 radical (unpaired) electrons. The van der Waals surface area contributed by atoms with Crippen molar-refractivity contribution in [3.63, 3.8) is 0 Å². The Kier molecular flexibility index (Phi) is 9.50. The number of piperidine rings is 1. The molecule has 0 aliphatic carbocycles. The highest BCUT2D eigenvalue weighted by Crippen LogP contribution is 2.25. The van der Waals surface area contributed by atoms with Crippen LogP contribution < -0.4 is 10.6 Å². The molecule has 2 N–H and O–H groups in total. The summed E-state index contributed by atoms with van der Waals surface area (Å²) in [4.78, 5) is 6.97. The van der Waals surface area contributed by atoms with Gasteiger partial charge in [0.15, 0.2) is 5.96 Å². The zero-order chi connectivity index (χ0) is 19.1. The third kappa shape index (κ3) is 6.32. The van der Waals surface area contributed by atoms with E-state index >= 15 is 0 Å². The van der Waals surface area contributed by atoms with Crippen LogP contribution in [0.4, 0.5) is 0 Å². The molecular formula is C22H37IN4O. The topological polar surface area (TPSA) is 48.9 Å². The van der Waals surface area contributed by atoms with Gasteiger partial charge in [0.1, 0.15) is 0 Å². The third-order valence-electron chi connectivity index (χ3n) is 6.15. The first-order valence-corrected chi connectivity index (χ1v) is 10.5. The van der Waals surface area contributed by atoms with Crippen molar-refractivity contribution in [3.05, 3.63) is 35.9 Å². The molecule has 2 saturated heterocycles. The van der Waals surface area contributed by atoms with E-state index in [4.69, 9.17) is 4.74 Å². The number of aliphatic imine (C=N–C) groups is 1. The predicted octanol–water partition coefficient (Wildman–Crippen LogP) is 3.81. The second kappa shape index (κ2) is 11.4. The van der Waals surface area contributed by atoms with Crippen molar-refractivity contribution in [1.29, 1.82) is 0 Å². The van der Waals surface area contributed by atoms with Crippen molar-refractivity contribution in [2.24, 2.45) is 10.9 Å². The number of hydrogen-bond donors (Lipinski definition) is 2. The Morgan fingerprint density at radius 3 is 2.46 bits per heavy atom. The molecule has 5 nitrogen and oxygen atoms in total. The number of nitrogens with zero attached hydrogens (tertiary/aromatic N) is 2. The average Bonchev–Trinajstić information content (AvgIpc) is 2.71. The Bertz CT molecular complexity index is 596. The molecule has 2 aliphatic rings. The molecule has 1 atom stereocenters. The summed E-state index contributed by atoms with van der Waals surface area (Å²) in [6, 6.07) is 11.0. The Hall–Kier alpha value is -0.860. The molecule has 2 aliphatic heterocycles. The Labute approximate surface area is 187 Å². The highest BCUT2D eigenvalue weighted by Gasteiger charge is 2.34. The van der Waals surface area contributed by atoms with Gasteiger partial charge < -0.3 is 20.3 Å². The monoisotopic (exact) mass is 500 g/mol. The standard InChI is InChI=1S/C22H36N4O.HI/c1-18-9-13-26(14-10-18)21(23-3)24-17-22(11-15-27-16-12-22)25-19(2)20-7-5-4-6-8-20;/h4-8,18-19,25H,9-17H2,1-3H3,(H,23,24);1H. The lowest BCUT2D eigenvalue weighted by Crippen LogP contribution is -2.59. The van der Waals surface area contributed by atoms with Crippen LogP contribution in [0.25, 0.3) is 0 Å². The van der Waals surface area contributed by atoms with Crippen molar-refractivity contribution in [3.8, 4) is 0 Å². The Morgan fingerprint density at radius 2 is 1.86 bits per heavy atom. The predicted molar refractivity (Wildman–Crippen MR) is 128 cm³/mol. The smallest absolute Gasteiger partial charge is 0.193 e. The van der Waals surface area contributed by atoms with Crippen molar-refractivity contribution in [2.75, 3.05) is 39.9 Å². The van der Waals surface area contributed by atoms with Crippen LogP contribution in [0.15, 0.2) is 35.3 Å². The van der Waals surface area contributed by atoms with Crippen LogP contribution in [0, 0.1) is 5.92 Å². The zero-order valence-corrected chi connectivity index (χ0v) is 19.9. The van der Waals surface area contributed by atoms with Crippen LogP contribution >= 0.6 is 24.0 Å². The first-order chi connectivity index (χ1) is 13.1. The summed E-state index contributed by atoms with van der Waals surface area (Å²) >= 11 is 0. The van der Waals surface area contributed by atoms with E-state index in [1.165, 1.54) is 18.4 Å².